The fraction of sp³-hybridized carbons (Fsp3) is 0.0625. The lowest BCUT2D eigenvalue weighted by molar-refractivity contribution is -0.0497. The zero-order chi connectivity index (χ0) is 18.0. The molecule has 0 aliphatic carbocycles. The van der Waals surface area contributed by atoms with E-state index in [1.165, 1.54) is 24.4 Å². The molecule has 0 saturated heterocycles. The van der Waals surface area contributed by atoms with Crippen LogP contribution in [0.4, 0.5) is 14.5 Å². The van der Waals surface area contributed by atoms with E-state index in [1.807, 2.05) is 0 Å². The van der Waals surface area contributed by atoms with E-state index in [9.17, 15) is 17.2 Å². The van der Waals surface area contributed by atoms with Gasteiger partial charge in [-0.25, -0.2) is 8.42 Å². The lowest BCUT2D eigenvalue weighted by Gasteiger charge is -2.12. The molecule has 2 aromatic carbocycles. The first-order chi connectivity index (χ1) is 11.9. The van der Waals surface area contributed by atoms with Crippen LogP contribution in [-0.2, 0) is 10.0 Å². The molecule has 9 heteroatoms. The van der Waals surface area contributed by atoms with E-state index in [-0.39, 0.29) is 21.4 Å². The van der Waals surface area contributed by atoms with E-state index in [1.54, 1.807) is 24.3 Å². The largest absolute Gasteiger partial charge is 0.433 e. The molecule has 5 nitrogen and oxygen atoms in total. The fourth-order valence-electron chi connectivity index (χ4n) is 2.26. The molecule has 130 valence electrons. The Hall–Kier alpha value is -2.45. The minimum atomic E-state index is -3.95. The van der Waals surface area contributed by atoms with Crippen molar-refractivity contribution in [2.75, 3.05) is 4.72 Å². The van der Waals surface area contributed by atoms with Crippen LogP contribution in [0.3, 0.4) is 0 Å². The maximum absolute atomic E-state index is 12.6. The van der Waals surface area contributed by atoms with E-state index >= 15 is 0 Å². The van der Waals surface area contributed by atoms with Crippen molar-refractivity contribution in [1.29, 1.82) is 0 Å². The van der Waals surface area contributed by atoms with Gasteiger partial charge in [0.2, 0.25) is 0 Å². The molecule has 0 saturated carbocycles. The standard InChI is InChI=1S/C16H11ClF2N2O3S/c17-12-9-11(6-7-13(12)24-16(18)19)21-25(22,23)14-5-1-3-10-4-2-8-20-15(10)14/h1-9,16,21H. The summed E-state index contributed by atoms with van der Waals surface area (Å²) in [6.45, 7) is -3.03. The monoisotopic (exact) mass is 384 g/mol. The lowest BCUT2D eigenvalue weighted by Crippen LogP contribution is -2.14. The topological polar surface area (TPSA) is 68.3 Å². The zero-order valence-corrected chi connectivity index (χ0v) is 14.1. The van der Waals surface area contributed by atoms with Gasteiger partial charge in [0.15, 0.2) is 0 Å². The summed E-state index contributed by atoms with van der Waals surface area (Å²) in [5, 5.41) is 0.528. The number of ether oxygens (including phenoxy) is 1. The van der Waals surface area contributed by atoms with Crippen LogP contribution in [0.25, 0.3) is 10.9 Å². The molecule has 0 aliphatic rings. The molecule has 3 aromatic rings. The number of fused-ring (bicyclic) bond motifs is 1. The van der Waals surface area contributed by atoms with Crippen LogP contribution < -0.4 is 9.46 Å². The molecule has 0 atom stereocenters. The van der Waals surface area contributed by atoms with Crippen molar-refractivity contribution in [3.63, 3.8) is 0 Å². The summed E-state index contributed by atoms with van der Waals surface area (Å²) in [7, 11) is -3.95. The van der Waals surface area contributed by atoms with E-state index < -0.39 is 16.6 Å². The number of aromatic nitrogens is 1. The van der Waals surface area contributed by atoms with Crippen molar-refractivity contribution in [2.24, 2.45) is 0 Å². The Labute approximate surface area is 147 Å². The highest BCUT2D eigenvalue weighted by molar-refractivity contribution is 7.93. The van der Waals surface area contributed by atoms with Crippen LogP contribution in [0.1, 0.15) is 0 Å². The number of nitrogens with one attached hydrogen (secondary N) is 1. The Kier molecular flexibility index (Phi) is 4.73. The van der Waals surface area contributed by atoms with Gasteiger partial charge in [-0.1, -0.05) is 29.8 Å². The maximum atomic E-state index is 12.6. The predicted molar refractivity (Wildman–Crippen MR) is 90.6 cm³/mol. The van der Waals surface area contributed by atoms with Crippen LogP contribution in [0.2, 0.25) is 5.02 Å². The van der Waals surface area contributed by atoms with E-state index in [2.05, 4.69) is 14.4 Å². The summed E-state index contributed by atoms with van der Waals surface area (Å²) < 4.78 is 56.3. The number of hydrogen-bond donors (Lipinski definition) is 1. The molecule has 3 rings (SSSR count). The SMILES string of the molecule is O=S(=O)(Nc1ccc(OC(F)F)c(Cl)c1)c1cccc2cccnc12. The average molecular weight is 385 g/mol. The first kappa shape index (κ1) is 17.4. The highest BCUT2D eigenvalue weighted by atomic mass is 35.5. The summed E-state index contributed by atoms with van der Waals surface area (Å²) in [5.74, 6) is -0.244. The number of sulfonamides is 1. The molecular formula is C16H11ClF2N2O3S. The average Bonchev–Trinajstić information content (AvgIpc) is 2.56. The number of nitrogens with zero attached hydrogens (tertiary/aromatic N) is 1. The van der Waals surface area contributed by atoms with Crippen LogP contribution in [0, 0.1) is 0 Å². The fourth-order valence-corrected chi connectivity index (χ4v) is 3.71. The van der Waals surface area contributed by atoms with E-state index in [0.717, 1.165) is 6.07 Å². The number of halogens is 3. The second-order valence-corrected chi connectivity index (χ2v) is 7.02. The molecule has 1 aromatic heterocycles. The third-order valence-corrected chi connectivity index (χ3v) is 4.99. The number of pyridine rings is 1. The van der Waals surface area contributed by atoms with Crippen molar-refractivity contribution in [3.05, 3.63) is 59.8 Å². The van der Waals surface area contributed by atoms with Crippen molar-refractivity contribution in [1.82, 2.24) is 4.98 Å². The normalized spacial score (nSPS) is 11.7. The minimum absolute atomic E-state index is 0.00497. The Morgan fingerprint density at radius 3 is 2.60 bits per heavy atom. The van der Waals surface area contributed by atoms with Gasteiger partial charge in [0.1, 0.15) is 10.6 Å². The molecule has 0 fully saturated rings. The Bertz CT molecular complexity index is 1020. The summed E-state index contributed by atoms with van der Waals surface area (Å²) in [6.07, 6.45) is 1.49. The number of anilines is 1. The van der Waals surface area contributed by atoms with Gasteiger partial charge in [0.25, 0.3) is 10.0 Å². The molecule has 0 amide bonds. The quantitative estimate of drug-likeness (QED) is 0.712. The minimum Gasteiger partial charge on any atom is -0.433 e. The molecule has 1 N–H and O–H groups in total. The molecule has 0 unspecified atom stereocenters. The molecular weight excluding hydrogens is 374 g/mol. The van der Waals surface area contributed by atoms with Crippen LogP contribution >= 0.6 is 11.6 Å². The summed E-state index contributed by atoms with van der Waals surface area (Å²) in [6, 6.07) is 11.8. The number of benzene rings is 2. The number of rotatable bonds is 5. The van der Waals surface area contributed by atoms with Crippen LogP contribution in [-0.4, -0.2) is 20.0 Å². The van der Waals surface area contributed by atoms with Gasteiger partial charge in [-0.3, -0.25) is 9.71 Å². The Balaban J connectivity index is 1.95. The van der Waals surface area contributed by atoms with Crippen molar-refractivity contribution in [3.8, 4) is 5.75 Å². The Morgan fingerprint density at radius 2 is 1.88 bits per heavy atom. The Morgan fingerprint density at radius 1 is 1.12 bits per heavy atom. The smallest absolute Gasteiger partial charge is 0.387 e. The summed E-state index contributed by atoms with van der Waals surface area (Å²) in [4.78, 5) is 4.10. The molecule has 0 aliphatic heterocycles. The second kappa shape index (κ2) is 6.81. The van der Waals surface area contributed by atoms with Gasteiger partial charge in [-0.2, -0.15) is 8.78 Å². The van der Waals surface area contributed by atoms with Gasteiger partial charge in [0.05, 0.1) is 16.2 Å². The highest BCUT2D eigenvalue weighted by Gasteiger charge is 2.19. The number of hydrogen-bond acceptors (Lipinski definition) is 4. The van der Waals surface area contributed by atoms with Crippen LogP contribution in [0.15, 0.2) is 59.6 Å². The van der Waals surface area contributed by atoms with Crippen molar-refractivity contribution < 1.29 is 21.9 Å². The zero-order valence-electron chi connectivity index (χ0n) is 12.5. The first-order valence-electron chi connectivity index (χ1n) is 6.98. The second-order valence-electron chi connectivity index (χ2n) is 4.96. The highest BCUT2D eigenvalue weighted by Crippen LogP contribution is 2.30. The van der Waals surface area contributed by atoms with Crippen LogP contribution in [0.5, 0.6) is 5.75 Å². The molecule has 1 heterocycles. The maximum Gasteiger partial charge on any atom is 0.387 e. The van der Waals surface area contributed by atoms with E-state index in [0.29, 0.717) is 10.9 Å². The summed E-state index contributed by atoms with van der Waals surface area (Å²) >= 11 is 5.84. The van der Waals surface area contributed by atoms with Gasteiger partial charge >= 0.3 is 6.61 Å². The number of alkyl halides is 2. The van der Waals surface area contributed by atoms with Gasteiger partial charge in [-0.15, -0.1) is 0 Å². The molecule has 0 radical (unpaired) electrons. The first-order valence-corrected chi connectivity index (χ1v) is 8.84. The number of para-hydroxylation sites is 1. The predicted octanol–water partition coefficient (Wildman–Crippen LogP) is 4.29. The molecule has 0 bridgehead atoms. The van der Waals surface area contributed by atoms with Gasteiger partial charge in [-0.05, 0) is 30.3 Å². The summed E-state index contributed by atoms with van der Waals surface area (Å²) in [5.41, 5.74) is 0.431. The third kappa shape index (κ3) is 3.80. The lowest BCUT2D eigenvalue weighted by atomic mass is 10.2. The molecule has 25 heavy (non-hydrogen) atoms. The van der Waals surface area contributed by atoms with Crippen molar-refractivity contribution in [2.45, 2.75) is 11.5 Å². The van der Waals surface area contributed by atoms with Gasteiger partial charge in [0, 0.05) is 11.6 Å². The van der Waals surface area contributed by atoms with Gasteiger partial charge < -0.3 is 4.74 Å². The molecule has 0 spiro atoms. The van der Waals surface area contributed by atoms with Crippen molar-refractivity contribution >= 4 is 38.2 Å². The van der Waals surface area contributed by atoms with E-state index in [4.69, 9.17) is 11.6 Å². The third-order valence-electron chi connectivity index (χ3n) is 3.29.